The second kappa shape index (κ2) is 9.35. The van der Waals surface area contributed by atoms with Gasteiger partial charge in [0, 0.05) is 32.1 Å². The summed E-state index contributed by atoms with van der Waals surface area (Å²) in [7, 11) is 0. The molecule has 2 aliphatic rings. The first kappa shape index (κ1) is 22.4. The normalized spacial score (nSPS) is 18.0. The van der Waals surface area contributed by atoms with E-state index in [1.54, 1.807) is 11.1 Å². The highest BCUT2D eigenvalue weighted by Crippen LogP contribution is 2.33. The number of para-hydroxylation sites is 1. The van der Waals surface area contributed by atoms with Crippen LogP contribution < -0.4 is 0 Å². The largest absolute Gasteiger partial charge is 0.444 e. The molecule has 7 heteroatoms. The Bertz CT molecular complexity index is 934. The van der Waals surface area contributed by atoms with E-state index in [2.05, 4.69) is 5.10 Å². The third-order valence-electron chi connectivity index (χ3n) is 6.21. The van der Waals surface area contributed by atoms with Crippen LogP contribution in [0.5, 0.6) is 0 Å². The summed E-state index contributed by atoms with van der Waals surface area (Å²) in [4.78, 5) is 29.7. The van der Waals surface area contributed by atoms with Crippen molar-refractivity contribution in [1.29, 1.82) is 0 Å². The van der Waals surface area contributed by atoms with E-state index in [9.17, 15) is 9.59 Å². The average Bonchev–Trinajstić information content (AvgIpc) is 3.24. The SMILES string of the molecule is CC(C)(C)OC(=O)N1CCC(c2c(C(=O)N3CCCCC3)cnn2-c2ccccc2)CC1. The molecule has 0 spiro atoms. The van der Waals surface area contributed by atoms with Gasteiger partial charge in [-0.2, -0.15) is 5.10 Å². The molecule has 3 heterocycles. The maximum Gasteiger partial charge on any atom is 0.410 e. The van der Waals surface area contributed by atoms with Crippen molar-refractivity contribution in [1.82, 2.24) is 19.6 Å². The van der Waals surface area contributed by atoms with Gasteiger partial charge >= 0.3 is 6.09 Å². The van der Waals surface area contributed by atoms with Gasteiger partial charge in [0.1, 0.15) is 5.60 Å². The van der Waals surface area contributed by atoms with Gasteiger partial charge in [0.25, 0.3) is 5.91 Å². The summed E-state index contributed by atoms with van der Waals surface area (Å²) in [6.45, 7) is 8.49. The first-order chi connectivity index (χ1) is 15.3. The fourth-order valence-corrected chi connectivity index (χ4v) is 4.62. The van der Waals surface area contributed by atoms with Gasteiger partial charge in [0.2, 0.25) is 0 Å². The highest BCUT2D eigenvalue weighted by molar-refractivity contribution is 5.95. The molecule has 32 heavy (non-hydrogen) atoms. The van der Waals surface area contributed by atoms with E-state index < -0.39 is 5.60 Å². The van der Waals surface area contributed by atoms with Gasteiger partial charge in [-0.05, 0) is 65.0 Å². The lowest BCUT2D eigenvalue weighted by Crippen LogP contribution is -2.42. The van der Waals surface area contributed by atoms with Crippen molar-refractivity contribution in [2.24, 2.45) is 0 Å². The van der Waals surface area contributed by atoms with Gasteiger partial charge in [0.05, 0.1) is 23.1 Å². The Morgan fingerprint density at radius 2 is 1.59 bits per heavy atom. The monoisotopic (exact) mass is 438 g/mol. The van der Waals surface area contributed by atoms with Crippen LogP contribution in [0.3, 0.4) is 0 Å². The minimum Gasteiger partial charge on any atom is -0.444 e. The van der Waals surface area contributed by atoms with E-state index in [1.807, 2.05) is 60.7 Å². The minimum absolute atomic E-state index is 0.0800. The first-order valence-corrected chi connectivity index (χ1v) is 11.7. The van der Waals surface area contributed by atoms with Crippen molar-refractivity contribution in [2.75, 3.05) is 26.2 Å². The van der Waals surface area contributed by atoms with Crippen LogP contribution in [0.4, 0.5) is 4.79 Å². The van der Waals surface area contributed by atoms with Crippen molar-refractivity contribution >= 4 is 12.0 Å². The van der Waals surface area contributed by atoms with Gasteiger partial charge in [-0.15, -0.1) is 0 Å². The van der Waals surface area contributed by atoms with Gasteiger partial charge in [-0.3, -0.25) is 4.79 Å². The number of hydrogen-bond acceptors (Lipinski definition) is 4. The highest BCUT2D eigenvalue weighted by Gasteiger charge is 2.33. The van der Waals surface area contributed by atoms with Crippen molar-refractivity contribution in [2.45, 2.75) is 64.4 Å². The fourth-order valence-electron chi connectivity index (χ4n) is 4.62. The lowest BCUT2D eigenvalue weighted by atomic mass is 9.90. The first-order valence-electron chi connectivity index (χ1n) is 11.7. The van der Waals surface area contributed by atoms with Crippen LogP contribution in [0, 0.1) is 0 Å². The van der Waals surface area contributed by atoms with Crippen molar-refractivity contribution in [3.05, 3.63) is 47.8 Å². The summed E-state index contributed by atoms with van der Waals surface area (Å²) >= 11 is 0. The Morgan fingerprint density at radius 1 is 0.938 bits per heavy atom. The maximum absolute atomic E-state index is 13.4. The van der Waals surface area contributed by atoms with Crippen LogP contribution in [0.25, 0.3) is 5.69 Å². The lowest BCUT2D eigenvalue weighted by Gasteiger charge is -2.34. The number of nitrogens with zero attached hydrogens (tertiary/aromatic N) is 4. The van der Waals surface area contributed by atoms with Crippen LogP contribution in [-0.4, -0.2) is 63.4 Å². The molecular formula is C25H34N4O3. The number of piperidine rings is 2. The Morgan fingerprint density at radius 3 is 2.22 bits per heavy atom. The van der Waals surface area contributed by atoms with E-state index in [4.69, 9.17) is 4.74 Å². The molecular weight excluding hydrogens is 404 g/mol. The predicted molar refractivity (Wildman–Crippen MR) is 123 cm³/mol. The minimum atomic E-state index is -0.506. The number of amides is 2. The summed E-state index contributed by atoms with van der Waals surface area (Å²) in [6.07, 6.45) is 6.32. The number of aromatic nitrogens is 2. The van der Waals surface area contributed by atoms with E-state index >= 15 is 0 Å². The quantitative estimate of drug-likeness (QED) is 0.702. The number of likely N-dealkylation sites (tertiary alicyclic amines) is 2. The number of benzene rings is 1. The number of rotatable bonds is 3. The highest BCUT2D eigenvalue weighted by atomic mass is 16.6. The number of hydrogen-bond donors (Lipinski definition) is 0. The predicted octanol–water partition coefficient (Wildman–Crippen LogP) is 4.61. The second-order valence-corrected chi connectivity index (χ2v) is 9.79. The molecule has 7 nitrogen and oxygen atoms in total. The van der Waals surface area contributed by atoms with E-state index in [0.29, 0.717) is 18.7 Å². The third-order valence-corrected chi connectivity index (χ3v) is 6.21. The van der Waals surface area contributed by atoms with Crippen LogP contribution in [-0.2, 0) is 4.74 Å². The Labute approximate surface area is 190 Å². The summed E-state index contributed by atoms with van der Waals surface area (Å²) < 4.78 is 7.47. The molecule has 0 radical (unpaired) electrons. The topological polar surface area (TPSA) is 67.7 Å². The summed E-state index contributed by atoms with van der Waals surface area (Å²) in [5, 5.41) is 4.64. The van der Waals surface area contributed by atoms with Gasteiger partial charge in [0.15, 0.2) is 0 Å². The molecule has 0 N–H and O–H groups in total. The van der Waals surface area contributed by atoms with Crippen LogP contribution in [0.1, 0.15) is 74.8 Å². The number of carbonyl (C=O) groups excluding carboxylic acids is 2. The Balaban J connectivity index is 1.58. The van der Waals surface area contributed by atoms with Crippen LogP contribution in [0.2, 0.25) is 0 Å². The van der Waals surface area contributed by atoms with Gasteiger partial charge in [-0.1, -0.05) is 18.2 Å². The lowest BCUT2D eigenvalue weighted by molar-refractivity contribution is 0.0203. The molecule has 0 atom stereocenters. The van der Waals surface area contributed by atoms with Crippen molar-refractivity contribution < 1.29 is 14.3 Å². The van der Waals surface area contributed by atoms with Gasteiger partial charge in [-0.25, -0.2) is 9.48 Å². The summed E-state index contributed by atoms with van der Waals surface area (Å²) in [5.74, 6) is 0.233. The Kier molecular flexibility index (Phi) is 6.53. The molecule has 2 aromatic rings. The molecule has 2 saturated heterocycles. The molecule has 2 aliphatic heterocycles. The average molecular weight is 439 g/mol. The molecule has 0 bridgehead atoms. The summed E-state index contributed by atoms with van der Waals surface area (Å²) in [6, 6.07) is 9.98. The second-order valence-electron chi connectivity index (χ2n) is 9.79. The molecule has 0 aliphatic carbocycles. The molecule has 4 rings (SSSR count). The zero-order chi connectivity index (χ0) is 22.7. The van der Waals surface area contributed by atoms with E-state index in [1.165, 1.54) is 6.42 Å². The number of carbonyl (C=O) groups is 2. The summed E-state index contributed by atoms with van der Waals surface area (Å²) in [5.41, 5.74) is 2.12. The molecule has 2 fully saturated rings. The third kappa shape index (κ3) is 4.97. The van der Waals surface area contributed by atoms with E-state index in [-0.39, 0.29) is 17.9 Å². The molecule has 0 unspecified atom stereocenters. The maximum atomic E-state index is 13.4. The fraction of sp³-hybridized carbons (Fsp3) is 0.560. The molecule has 172 valence electrons. The van der Waals surface area contributed by atoms with E-state index in [0.717, 1.165) is 50.2 Å². The van der Waals surface area contributed by atoms with Crippen molar-refractivity contribution in [3.63, 3.8) is 0 Å². The van der Waals surface area contributed by atoms with Crippen LogP contribution in [0.15, 0.2) is 36.5 Å². The van der Waals surface area contributed by atoms with Crippen molar-refractivity contribution in [3.8, 4) is 5.69 Å². The Hall–Kier alpha value is -2.83. The van der Waals surface area contributed by atoms with Crippen LogP contribution >= 0.6 is 0 Å². The molecule has 1 aromatic heterocycles. The smallest absolute Gasteiger partial charge is 0.410 e. The zero-order valence-corrected chi connectivity index (χ0v) is 19.4. The molecule has 2 amide bonds. The molecule has 1 aromatic carbocycles. The standard InChI is InChI=1S/C25H34N4O3/c1-25(2,3)32-24(31)28-16-12-19(13-17-28)22-21(23(30)27-14-8-5-9-15-27)18-26-29(22)20-10-6-4-7-11-20/h4,6-7,10-11,18-19H,5,8-9,12-17H2,1-3H3. The zero-order valence-electron chi connectivity index (χ0n) is 19.4. The number of ether oxygens (including phenoxy) is 1. The van der Waals surface area contributed by atoms with Gasteiger partial charge < -0.3 is 14.5 Å². The molecule has 0 saturated carbocycles.